The van der Waals surface area contributed by atoms with E-state index in [0.29, 0.717) is 35.9 Å². The fraction of sp³-hybridized carbons (Fsp3) is 0.448. The number of carbonyl (C=O) groups is 1. The molecule has 0 saturated heterocycles. The Balaban J connectivity index is 1.71. The van der Waals surface area contributed by atoms with Crippen LogP contribution in [0.2, 0.25) is 0 Å². The number of methoxy groups -OCH3 is 3. The maximum atomic E-state index is 12.7. The molecule has 0 aliphatic heterocycles. The minimum absolute atomic E-state index is 0.190. The highest BCUT2D eigenvalue weighted by Crippen LogP contribution is 2.41. The number of rotatable bonds is 14. The molecule has 0 spiro atoms. The van der Waals surface area contributed by atoms with Crippen LogP contribution in [-0.4, -0.2) is 48.0 Å². The molecular weight excluding hydrogens is 486 g/mol. The van der Waals surface area contributed by atoms with E-state index in [1.165, 1.54) is 17.4 Å². The Bertz CT molecular complexity index is 1250. The predicted molar refractivity (Wildman–Crippen MR) is 147 cm³/mol. The summed E-state index contributed by atoms with van der Waals surface area (Å²) in [6, 6.07) is 11.5. The molecule has 3 aromatic rings. The number of nitrogens with one attached hydrogen (secondary N) is 1. The molecule has 38 heavy (non-hydrogen) atoms. The average molecular weight is 526 g/mol. The van der Waals surface area contributed by atoms with Crippen LogP contribution in [0.25, 0.3) is 11.1 Å². The van der Waals surface area contributed by atoms with Crippen molar-refractivity contribution < 1.29 is 24.1 Å². The summed E-state index contributed by atoms with van der Waals surface area (Å²) in [6.07, 6.45) is 5.81. The Morgan fingerprint density at radius 2 is 1.55 bits per heavy atom. The first-order valence-electron chi connectivity index (χ1n) is 13.0. The molecule has 1 heterocycles. The second-order valence-electron chi connectivity index (χ2n) is 9.25. The van der Waals surface area contributed by atoms with E-state index in [2.05, 4.69) is 12.2 Å². The summed E-state index contributed by atoms with van der Waals surface area (Å²) in [6.45, 7) is 2.51. The number of hydrogen-bond acceptors (Lipinski definition) is 6. The highest BCUT2D eigenvalue weighted by molar-refractivity contribution is 5.76. The minimum atomic E-state index is -0.426. The van der Waals surface area contributed by atoms with Gasteiger partial charge in [-0.25, -0.2) is 4.79 Å². The van der Waals surface area contributed by atoms with E-state index in [9.17, 15) is 14.7 Å². The van der Waals surface area contributed by atoms with E-state index < -0.39 is 5.69 Å². The van der Waals surface area contributed by atoms with Gasteiger partial charge in [0.1, 0.15) is 6.54 Å². The topological polar surface area (TPSA) is 104 Å². The fourth-order valence-electron chi connectivity index (χ4n) is 4.45. The van der Waals surface area contributed by atoms with Crippen molar-refractivity contribution in [1.29, 1.82) is 0 Å². The van der Waals surface area contributed by atoms with E-state index in [-0.39, 0.29) is 18.3 Å². The van der Waals surface area contributed by atoms with Crippen molar-refractivity contribution in [2.24, 2.45) is 7.05 Å². The SMILES string of the molecule is CCCCCCCNC(=O)Cn1c(O)c(Cc2ccc(-c3cc(OC)c(OC)c(OC)c3)cc2)n(C)c1=O. The van der Waals surface area contributed by atoms with Gasteiger partial charge in [0.15, 0.2) is 11.5 Å². The van der Waals surface area contributed by atoms with Gasteiger partial charge in [-0.05, 0) is 35.2 Å². The first-order chi connectivity index (χ1) is 18.3. The molecule has 0 aliphatic carbocycles. The predicted octanol–water partition coefficient (Wildman–Crippen LogP) is 4.26. The summed E-state index contributed by atoms with van der Waals surface area (Å²) in [7, 11) is 6.31. The molecule has 0 unspecified atom stereocenters. The monoisotopic (exact) mass is 525 g/mol. The van der Waals surface area contributed by atoms with Gasteiger partial charge >= 0.3 is 5.69 Å². The second kappa shape index (κ2) is 13.6. The zero-order valence-electron chi connectivity index (χ0n) is 23.0. The van der Waals surface area contributed by atoms with Crippen LogP contribution < -0.4 is 25.2 Å². The third kappa shape index (κ3) is 6.70. The van der Waals surface area contributed by atoms with E-state index >= 15 is 0 Å². The first-order valence-corrected chi connectivity index (χ1v) is 13.0. The number of nitrogens with zero attached hydrogens (tertiary/aromatic N) is 2. The number of carbonyl (C=O) groups excluding carboxylic acids is 1. The van der Waals surface area contributed by atoms with Crippen molar-refractivity contribution in [3.63, 3.8) is 0 Å². The van der Waals surface area contributed by atoms with Crippen LogP contribution in [0.1, 0.15) is 50.3 Å². The van der Waals surface area contributed by atoms with E-state index in [1.807, 2.05) is 36.4 Å². The van der Waals surface area contributed by atoms with E-state index in [0.717, 1.165) is 40.5 Å². The molecule has 9 nitrogen and oxygen atoms in total. The number of unbranched alkanes of at least 4 members (excludes halogenated alkanes) is 4. The summed E-state index contributed by atoms with van der Waals surface area (Å²) in [5.41, 5.74) is 2.76. The molecule has 1 aromatic heterocycles. The van der Waals surface area contributed by atoms with Crippen LogP contribution in [0.15, 0.2) is 41.2 Å². The van der Waals surface area contributed by atoms with Crippen molar-refractivity contribution in [3.8, 4) is 34.3 Å². The quantitative estimate of drug-likeness (QED) is 0.305. The average Bonchev–Trinajstić information content (AvgIpc) is 3.12. The molecule has 2 N–H and O–H groups in total. The molecule has 9 heteroatoms. The molecule has 2 aromatic carbocycles. The van der Waals surface area contributed by atoms with Gasteiger partial charge in [0, 0.05) is 20.0 Å². The van der Waals surface area contributed by atoms with Gasteiger partial charge in [0.2, 0.25) is 17.5 Å². The lowest BCUT2D eigenvalue weighted by Gasteiger charge is -2.14. The maximum Gasteiger partial charge on any atom is 0.331 e. The van der Waals surface area contributed by atoms with Crippen molar-refractivity contribution in [1.82, 2.24) is 14.5 Å². The number of amides is 1. The molecule has 0 bridgehead atoms. The van der Waals surface area contributed by atoms with Crippen LogP contribution in [0.3, 0.4) is 0 Å². The number of ether oxygens (including phenoxy) is 3. The first kappa shape index (κ1) is 28.7. The van der Waals surface area contributed by atoms with Crippen molar-refractivity contribution >= 4 is 5.91 Å². The normalized spacial score (nSPS) is 10.9. The van der Waals surface area contributed by atoms with E-state index in [4.69, 9.17) is 14.2 Å². The summed E-state index contributed by atoms with van der Waals surface area (Å²) in [5, 5.41) is 13.6. The molecule has 206 valence electrons. The Morgan fingerprint density at radius 3 is 2.13 bits per heavy atom. The third-order valence-corrected chi connectivity index (χ3v) is 6.66. The molecule has 3 rings (SSSR count). The third-order valence-electron chi connectivity index (χ3n) is 6.66. The maximum absolute atomic E-state index is 12.7. The molecule has 0 atom stereocenters. The second-order valence-corrected chi connectivity index (χ2v) is 9.25. The van der Waals surface area contributed by atoms with Crippen LogP contribution in [0, 0.1) is 0 Å². The lowest BCUT2D eigenvalue weighted by molar-refractivity contribution is -0.121. The lowest BCUT2D eigenvalue weighted by Crippen LogP contribution is -2.33. The van der Waals surface area contributed by atoms with Crippen LogP contribution in [-0.2, 0) is 24.8 Å². The Hall–Kier alpha value is -3.88. The number of aromatic hydroxyl groups is 1. The zero-order chi connectivity index (χ0) is 27.7. The molecule has 0 aliphatic rings. The van der Waals surface area contributed by atoms with Gasteiger partial charge in [-0.2, -0.15) is 0 Å². The number of imidazole rings is 1. The summed E-state index contributed by atoms with van der Waals surface area (Å²) in [5.74, 6) is 1.17. The summed E-state index contributed by atoms with van der Waals surface area (Å²) >= 11 is 0. The molecule has 0 saturated carbocycles. The molecular formula is C29H39N3O6. The van der Waals surface area contributed by atoms with Crippen molar-refractivity contribution in [2.75, 3.05) is 27.9 Å². The van der Waals surface area contributed by atoms with Crippen molar-refractivity contribution in [3.05, 3.63) is 58.1 Å². The summed E-state index contributed by atoms with van der Waals surface area (Å²) < 4.78 is 18.8. The van der Waals surface area contributed by atoms with Gasteiger partial charge in [0.05, 0.1) is 27.0 Å². The molecule has 1 amide bonds. The number of aromatic nitrogens is 2. The smallest absolute Gasteiger partial charge is 0.331 e. The Labute approximate surface area is 224 Å². The van der Waals surface area contributed by atoms with E-state index in [1.54, 1.807) is 28.4 Å². The van der Waals surface area contributed by atoms with Gasteiger partial charge in [-0.15, -0.1) is 0 Å². The zero-order valence-corrected chi connectivity index (χ0v) is 23.0. The Kier molecular flexibility index (Phi) is 10.3. The van der Waals surface area contributed by atoms with Gasteiger partial charge in [-0.1, -0.05) is 56.9 Å². The Morgan fingerprint density at radius 1 is 0.921 bits per heavy atom. The highest BCUT2D eigenvalue weighted by Gasteiger charge is 2.20. The van der Waals surface area contributed by atoms with Crippen LogP contribution in [0.5, 0.6) is 23.1 Å². The summed E-state index contributed by atoms with van der Waals surface area (Å²) in [4.78, 5) is 25.1. The van der Waals surface area contributed by atoms with Gasteiger partial charge in [0.25, 0.3) is 0 Å². The van der Waals surface area contributed by atoms with Crippen LogP contribution >= 0.6 is 0 Å². The van der Waals surface area contributed by atoms with Gasteiger partial charge < -0.3 is 24.6 Å². The molecule has 0 fully saturated rings. The number of hydrogen-bond donors (Lipinski definition) is 2. The van der Waals surface area contributed by atoms with Crippen LogP contribution in [0.4, 0.5) is 0 Å². The minimum Gasteiger partial charge on any atom is -0.493 e. The largest absolute Gasteiger partial charge is 0.493 e. The van der Waals surface area contributed by atoms with Gasteiger partial charge in [-0.3, -0.25) is 13.9 Å². The van der Waals surface area contributed by atoms with Crippen molar-refractivity contribution in [2.45, 2.75) is 52.0 Å². The number of benzene rings is 2. The molecule has 0 radical (unpaired) electrons. The highest BCUT2D eigenvalue weighted by atomic mass is 16.5. The standard InChI is InChI=1S/C29H39N3O6/c1-6-7-8-9-10-15-30-26(33)19-32-28(34)23(31(2)29(32)35)16-20-11-13-21(14-12-20)22-17-24(36-3)27(38-5)25(18-22)37-4/h11-14,17-18,34H,6-10,15-16,19H2,1-5H3,(H,30,33). The fourth-order valence-corrected chi connectivity index (χ4v) is 4.45. The lowest BCUT2D eigenvalue weighted by atomic mass is 10.0.